The molecule has 1 aromatic carbocycles. The molecule has 1 aliphatic heterocycles. The molecule has 21 heavy (non-hydrogen) atoms. The van der Waals surface area contributed by atoms with Crippen molar-refractivity contribution >= 4 is 29.1 Å². The molecular formula is C15H18N2O3S. The molecular weight excluding hydrogens is 288 g/mol. The Morgan fingerprint density at radius 2 is 1.81 bits per heavy atom. The molecule has 1 aromatic rings. The van der Waals surface area contributed by atoms with Crippen molar-refractivity contribution in [1.82, 2.24) is 4.90 Å². The second-order valence-electron chi connectivity index (χ2n) is 5.24. The van der Waals surface area contributed by atoms with Crippen LogP contribution in [0.25, 0.3) is 0 Å². The van der Waals surface area contributed by atoms with E-state index < -0.39 is 5.97 Å². The SMILES string of the molecule is NC(=S)Cc1ccc(C(=O)N2CCC(C(=O)O)CC2)cc1. The minimum absolute atomic E-state index is 0.0549. The lowest BCUT2D eigenvalue weighted by atomic mass is 9.96. The summed E-state index contributed by atoms with van der Waals surface area (Å²) in [6.07, 6.45) is 1.55. The number of hydrogen-bond acceptors (Lipinski definition) is 3. The van der Waals surface area contributed by atoms with E-state index in [1.807, 2.05) is 12.1 Å². The standard InChI is InChI=1S/C15H18N2O3S/c16-13(21)9-10-1-3-11(4-2-10)14(18)17-7-5-12(6-8-17)15(19)20/h1-4,12H,5-9H2,(H2,16,21)(H,19,20). The van der Waals surface area contributed by atoms with E-state index >= 15 is 0 Å². The van der Waals surface area contributed by atoms with Crippen molar-refractivity contribution in [3.8, 4) is 0 Å². The number of amides is 1. The lowest BCUT2D eigenvalue weighted by Crippen LogP contribution is -2.40. The van der Waals surface area contributed by atoms with Gasteiger partial charge in [0, 0.05) is 25.1 Å². The highest BCUT2D eigenvalue weighted by Crippen LogP contribution is 2.19. The third kappa shape index (κ3) is 4.01. The van der Waals surface area contributed by atoms with Crippen LogP contribution in [0.2, 0.25) is 0 Å². The fraction of sp³-hybridized carbons (Fsp3) is 0.400. The first-order valence-corrected chi connectivity index (χ1v) is 7.27. The maximum Gasteiger partial charge on any atom is 0.306 e. The topological polar surface area (TPSA) is 83.6 Å². The van der Waals surface area contributed by atoms with Gasteiger partial charge in [0.25, 0.3) is 5.91 Å². The number of carboxylic acids is 1. The van der Waals surface area contributed by atoms with Crippen LogP contribution in [0.15, 0.2) is 24.3 Å². The number of carbonyl (C=O) groups excluding carboxylic acids is 1. The van der Waals surface area contributed by atoms with Crippen LogP contribution in [-0.4, -0.2) is 40.0 Å². The van der Waals surface area contributed by atoms with Gasteiger partial charge in [-0.2, -0.15) is 0 Å². The Labute approximate surface area is 128 Å². The van der Waals surface area contributed by atoms with Crippen molar-refractivity contribution in [2.45, 2.75) is 19.3 Å². The highest BCUT2D eigenvalue weighted by atomic mass is 32.1. The van der Waals surface area contributed by atoms with Gasteiger partial charge in [-0.25, -0.2) is 0 Å². The zero-order valence-electron chi connectivity index (χ0n) is 11.6. The maximum absolute atomic E-state index is 12.3. The molecule has 0 unspecified atom stereocenters. The number of rotatable bonds is 4. The van der Waals surface area contributed by atoms with Crippen LogP contribution in [0.3, 0.4) is 0 Å². The fourth-order valence-corrected chi connectivity index (χ4v) is 2.65. The van der Waals surface area contributed by atoms with Crippen LogP contribution in [0, 0.1) is 5.92 Å². The third-order valence-electron chi connectivity index (χ3n) is 3.71. The van der Waals surface area contributed by atoms with Gasteiger partial charge in [-0.3, -0.25) is 9.59 Å². The van der Waals surface area contributed by atoms with Crippen molar-refractivity contribution in [3.05, 3.63) is 35.4 Å². The number of nitrogens with two attached hydrogens (primary N) is 1. The van der Waals surface area contributed by atoms with E-state index in [0.717, 1.165) is 5.56 Å². The van der Waals surface area contributed by atoms with Crippen molar-refractivity contribution < 1.29 is 14.7 Å². The summed E-state index contributed by atoms with van der Waals surface area (Å²) in [4.78, 5) is 25.4. The monoisotopic (exact) mass is 306 g/mol. The number of carbonyl (C=O) groups is 2. The second kappa shape index (κ2) is 6.67. The molecule has 3 N–H and O–H groups in total. The molecule has 0 spiro atoms. The van der Waals surface area contributed by atoms with Gasteiger partial charge in [0.1, 0.15) is 0 Å². The van der Waals surface area contributed by atoms with Crippen LogP contribution in [0.1, 0.15) is 28.8 Å². The summed E-state index contributed by atoms with van der Waals surface area (Å²) >= 11 is 4.85. The highest BCUT2D eigenvalue weighted by molar-refractivity contribution is 7.80. The van der Waals surface area contributed by atoms with Crippen LogP contribution in [0.4, 0.5) is 0 Å². The van der Waals surface area contributed by atoms with Crippen molar-refractivity contribution in [2.75, 3.05) is 13.1 Å². The molecule has 0 saturated carbocycles. The zero-order valence-corrected chi connectivity index (χ0v) is 12.4. The van der Waals surface area contributed by atoms with E-state index in [2.05, 4.69) is 0 Å². The Morgan fingerprint density at radius 3 is 2.29 bits per heavy atom. The van der Waals surface area contributed by atoms with Crippen LogP contribution in [0.5, 0.6) is 0 Å². The van der Waals surface area contributed by atoms with Gasteiger partial charge in [0.2, 0.25) is 0 Å². The molecule has 5 nitrogen and oxygen atoms in total. The molecule has 6 heteroatoms. The molecule has 1 amide bonds. The third-order valence-corrected chi connectivity index (χ3v) is 3.85. The predicted octanol–water partition coefficient (Wildman–Crippen LogP) is 1.45. The maximum atomic E-state index is 12.3. The molecule has 0 bridgehead atoms. The summed E-state index contributed by atoms with van der Waals surface area (Å²) in [5.41, 5.74) is 7.07. The largest absolute Gasteiger partial charge is 0.481 e. The predicted molar refractivity (Wildman–Crippen MR) is 83.2 cm³/mol. The second-order valence-corrected chi connectivity index (χ2v) is 5.77. The first-order valence-electron chi connectivity index (χ1n) is 6.86. The van der Waals surface area contributed by atoms with Crippen molar-refractivity contribution in [1.29, 1.82) is 0 Å². The Hall–Kier alpha value is -1.95. The highest BCUT2D eigenvalue weighted by Gasteiger charge is 2.27. The average molecular weight is 306 g/mol. The van der Waals surface area contributed by atoms with Gasteiger partial charge in [-0.1, -0.05) is 24.4 Å². The normalized spacial score (nSPS) is 15.7. The van der Waals surface area contributed by atoms with Gasteiger partial charge < -0.3 is 15.7 Å². The number of benzene rings is 1. The smallest absolute Gasteiger partial charge is 0.306 e. The number of hydrogen-bond donors (Lipinski definition) is 2. The summed E-state index contributed by atoms with van der Waals surface area (Å²) in [6.45, 7) is 0.981. The minimum Gasteiger partial charge on any atom is -0.481 e. The summed E-state index contributed by atoms with van der Waals surface area (Å²) in [7, 11) is 0. The van der Waals surface area contributed by atoms with Crippen molar-refractivity contribution in [3.63, 3.8) is 0 Å². The molecule has 0 atom stereocenters. The Balaban J connectivity index is 1.97. The first kappa shape index (κ1) is 15.4. The molecule has 0 aromatic heterocycles. The van der Waals surface area contributed by atoms with E-state index in [0.29, 0.717) is 42.9 Å². The van der Waals surface area contributed by atoms with Crippen molar-refractivity contribution in [2.24, 2.45) is 11.7 Å². The number of thiocarbonyl (C=S) groups is 1. The zero-order chi connectivity index (χ0) is 15.4. The molecule has 112 valence electrons. The van der Waals surface area contributed by atoms with Gasteiger partial charge >= 0.3 is 5.97 Å². The number of aliphatic carboxylic acids is 1. The Morgan fingerprint density at radius 1 is 1.24 bits per heavy atom. The van der Waals surface area contributed by atoms with E-state index in [1.54, 1.807) is 17.0 Å². The van der Waals surface area contributed by atoms with Crippen LogP contribution < -0.4 is 5.73 Å². The van der Waals surface area contributed by atoms with Gasteiger partial charge in [-0.15, -0.1) is 0 Å². The Kier molecular flexibility index (Phi) is 4.90. The number of piperidine rings is 1. The van der Waals surface area contributed by atoms with Gasteiger partial charge in [-0.05, 0) is 30.5 Å². The molecule has 1 saturated heterocycles. The average Bonchev–Trinajstić information content (AvgIpc) is 2.47. The molecule has 0 radical (unpaired) electrons. The molecule has 2 rings (SSSR count). The number of likely N-dealkylation sites (tertiary alicyclic amines) is 1. The number of carboxylic acid groups (broad SMARTS) is 1. The summed E-state index contributed by atoms with van der Waals surface area (Å²) in [6, 6.07) is 7.21. The first-order chi connectivity index (χ1) is 9.97. The molecule has 0 aliphatic carbocycles. The van der Waals surface area contributed by atoms with E-state index in [9.17, 15) is 9.59 Å². The summed E-state index contributed by atoms with van der Waals surface area (Å²) in [5, 5.41) is 8.96. The fourth-order valence-electron chi connectivity index (χ4n) is 2.48. The van der Waals surface area contributed by atoms with Gasteiger partial charge in [0.15, 0.2) is 0 Å². The molecule has 1 fully saturated rings. The van der Waals surface area contributed by atoms with Gasteiger partial charge in [0.05, 0.1) is 10.9 Å². The lowest BCUT2D eigenvalue weighted by molar-refractivity contribution is -0.143. The summed E-state index contributed by atoms with van der Waals surface area (Å²) in [5.74, 6) is -1.16. The van der Waals surface area contributed by atoms with E-state index in [1.165, 1.54) is 0 Å². The number of nitrogens with zero attached hydrogens (tertiary/aromatic N) is 1. The van der Waals surface area contributed by atoms with E-state index in [4.69, 9.17) is 23.1 Å². The quantitative estimate of drug-likeness (QED) is 0.823. The van der Waals surface area contributed by atoms with E-state index in [-0.39, 0.29) is 11.8 Å². The summed E-state index contributed by atoms with van der Waals surface area (Å²) < 4.78 is 0. The van der Waals surface area contributed by atoms with Crippen LogP contribution >= 0.6 is 12.2 Å². The molecule has 1 heterocycles. The van der Waals surface area contributed by atoms with Crippen LogP contribution in [-0.2, 0) is 11.2 Å². The molecule has 1 aliphatic rings. The Bertz CT molecular complexity index is 549. The lowest BCUT2D eigenvalue weighted by Gasteiger charge is -2.30. The minimum atomic E-state index is -0.774.